The van der Waals surface area contributed by atoms with Crippen LogP contribution in [0.3, 0.4) is 0 Å². The molecule has 0 fully saturated rings. The van der Waals surface area contributed by atoms with Crippen LogP contribution < -0.4 is 20.4 Å². The summed E-state index contributed by atoms with van der Waals surface area (Å²) in [6.07, 6.45) is -2.80. The minimum atomic E-state index is -3.59. The van der Waals surface area contributed by atoms with Crippen LogP contribution >= 0.6 is 11.6 Å². The molecule has 0 aliphatic carbocycles. The van der Waals surface area contributed by atoms with Gasteiger partial charge in [-0.05, 0) is 160 Å². The smallest absolute Gasteiger partial charge is 0.412 e. The third-order valence-corrected chi connectivity index (χ3v) is 14.5. The van der Waals surface area contributed by atoms with Gasteiger partial charge in [-0.15, -0.1) is 0 Å². The molecule has 338 valence electrons. The summed E-state index contributed by atoms with van der Waals surface area (Å²) in [5.41, 5.74) is 7.19. The monoisotopic (exact) mass is 916 g/mol. The van der Waals surface area contributed by atoms with Crippen LogP contribution in [0.1, 0.15) is 63.0 Å². The molecule has 0 spiro atoms. The summed E-state index contributed by atoms with van der Waals surface area (Å²) in [6.45, 7) is 19.4. The average molecular weight is 918 g/mol. The molecule has 63 heavy (non-hydrogen) atoms. The van der Waals surface area contributed by atoms with Crippen molar-refractivity contribution in [2.24, 2.45) is 0 Å². The molecule has 0 heterocycles. The van der Waals surface area contributed by atoms with E-state index in [1.807, 2.05) is 106 Å². The number of hydrogen-bond acceptors (Lipinski definition) is 9. The van der Waals surface area contributed by atoms with Crippen molar-refractivity contribution < 1.29 is 31.7 Å². The second-order valence-electron chi connectivity index (χ2n) is 15.1. The lowest BCUT2D eigenvalue weighted by Gasteiger charge is -2.23. The number of ether oxygens (including phenoxy) is 2. The van der Waals surface area contributed by atoms with Gasteiger partial charge in [-0.25, -0.2) is 18.0 Å². The Bertz CT molecular complexity index is 2490. The SMILES string of the molecule is C=S(=O)(CC(OC(=O)Nc1ccc(N(CC)CC)cc1C)c1ccccc1)c1ccc(C)cc1.CCN(CC)c1ccc(NC(=O)OC(C)CS(=O)(=O)c2ccc(Cl)cc2)c(C)c1. The van der Waals surface area contributed by atoms with Crippen molar-refractivity contribution >= 4 is 71.8 Å². The Morgan fingerprint density at radius 1 is 0.635 bits per heavy atom. The van der Waals surface area contributed by atoms with E-state index in [2.05, 4.69) is 60.1 Å². The summed E-state index contributed by atoms with van der Waals surface area (Å²) >= 11 is 5.79. The van der Waals surface area contributed by atoms with Crippen molar-refractivity contribution in [1.82, 2.24) is 0 Å². The Kier molecular flexibility index (Phi) is 18.5. The maximum atomic E-state index is 13.5. The molecule has 2 amide bonds. The van der Waals surface area contributed by atoms with Crippen LogP contribution in [0.15, 0.2) is 125 Å². The summed E-state index contributed by atoms with van der Waals surface area (Å²) in [6, 6.07) is 34.4. The first-order chi connectivity index (χ1) is 29.9. The van der Waals surface area contributed by atoms with E-state index < -0.39 is 43.8 Å². The third-order valence-electron chi connectivity index (χ3n) is 10.4. The molecule has 0 aromatic heterocycles. The number of sulfone groups is 1. The lowest BCUT2D eigenvalue weighted by Crippen LogP contribution is -2.27. The van der Waals surface area contributed by atoms with Gasteiger partial charge in [0, 0.05) is 58.8 Å². The van der Waals surface area contributed by atoms with Gasteiger partial charge >= 0.3 is 12.2 Å². The first kappa shape index (κ1) is 50.1. The first-order valence-corrected chi connectivity index (χ1v) is 24.9. The highest BCUT2D eigenvalue weighted by Gasteiger charge is 2.24. The highest BCUT2D eigenvalue weighted by molar-refractivity contribution is 8.00. The van der Waals surface area contributed by atoms with Crippen LogP contribution in [0.5, 0.6) is 0 Å². The molecule has 0 saturated heterocycles. The number of carbonyl (C=O) groups is 2. The first-order valence-electron chi connectivity index (χ1n) is 21.0. The number of aryl methyl sites for hydroxylation is 3. The molecule has 11 nitrogen and oxygen atoms in total. The van der Waals surface area contributed by atoms with Crippen LogP contribution in [0.2, 0.25) is 5.02 Å². The predicted octanol–water partition coefficient (Wildman–Crippen LogP) is 11.1. The van der Waals surface area contributed by atoms with E-state index in [-0.39, 0.29) is 16.4 Å². The van der Waals surface area contributed by atoms with Crippen LogP contribution in [0, 0.1) is 20.8 Å². The fraction of sp³-hybridized carbons (Fsp3) is 0.327. The van der Waals surface area contributed by atoms with E-state index in [0.29, 0.717) is 21.3 Å². The van der Waals surface area contributed by atoms with Crippen LogP contribution in [-0.2, 0) is 28.8 Å². The molecule has 0 bridgehead atoms. The molecule has 0 aliphatic heterocycles. The summed E-state index contributed by atoms with van der Waals surface area (Å²) in [5.74, 6) is 3.77. The largest absolute Gasteiger partial charge is 0.445 e. The zero-order valence-corrected chi connectivity index (χ0v) is 39.9. The van der Waals surface area contributed by atoms with Gasteiger partial charge in [0.25, 0.3) is 0 Å². The fourth-order valence-corrected chi connectivity index (χ4v) is 9.94. The van der Waals surface area contributed by atoms with Crippen LogP contribution in [-0.4, -0.2) is 74.5 Å². The Labute approximate surface area is 379 Å². The molecule has 0 aliphatic rings. The summed E-state index contributed by atoms with van der Waals surface area (Å²) in [7, 11) is -6.28. The van der Waals surface area contributed by atoms with Crippen LogP contribution in [0.4, 0.5) is 32.3 Å². The number of nitrogens with one attached hydrogen (secondary N) is 2. The highest BCUT2D eigenvalue weighted by atomic mass is 35.5. The molecule has 5 aromatic rings. The van der Waals surface area contributed by atoms with E-state index in [9.17, 15) is 22.2 Å². The van der Waals surface area contributed by atoms with Gasteiger partial charge < -0.3 is 19.3 Å². The lowest BCUT2D eigenvalue weighted by molar-refractivity contribution is 0.123. The number of amides is 2. The van der Waals surface area contributed by atoms with Crippen molar-refractivity contribution in [3.8, 4) is 0 Å². The number of benzene rings is 5. The zero-order chi connectivity index (χ0) is 46.3. The molecule has 3 atom stereocenters. The number of rotatable bonds is 17. The zero-order valence-electron chi connectivity index (χ0n) is 37.5. The average Bonchev–Trinajstić information content (AvgIpc) is 3.24. The lowest BCUT2D eigenvalue weighted by atomic mass is 10.1. The van der Waals surface area contributed by atoms with Gasteiger partial charge in [0.2, 0.25) is 0 Å². The van der Waals surface area contributed by atoms with Crippen LogP contribution in [0.25, 0.3) is 0 Å². The van der Waals surface area contributed by atoms with Gasteiger partial charge in [-0.3, -0.25) is 14.8 Å². The predicted molar refractivity (Wildman–Crippen MR) is 261 cm³/mol. The minimum Gasteiger partial charge on any atom is -0.445 e. The summed E-state index contributed by atoms with van der Waals surface area (Å²) < 4.78 is 49.5. The van der Waals surface area contributed by atoms with Gasteiger partial charge in [0.15, 0.2) is 9.84 Å². The Hall–Kier alpha value is -5.50. The molecule has 14 heteroatoms. The Morgan fingerprint density at radius 3 is 1.56 bits per heavy atom. The summed E-state index contributed by atoms with van der Waals surface area (Å²) in [4.78, 5) is 30.3. The fourth-order valence-electron chi connectivity index (χ4n) is 6.81. The van der Waals surface area contributed by atoms with E-state index in [1.165, 1.54) is 24.3 Å². The number of hydrogen-bond donors (Lipinski definition) is 2. The van der Waals surface area contributed by atoms with Gasteiger partial charge in [-0.1, -0.05) is 59.6 Å². The molecular weight excluding hydrogens is 856 g/mol. The van der Waals surface area contributed by atoms with Gasteiger partial charge in [-0.2, -0.15) is 0 Å². The molecule has 0 radical (unpaired) electrons. The molecule has 0 saturated carbocycles. The molecule has 5 aromatic carbocycles. The Balaban J connectivity index is 0.000000280. The van der Waals surface area contributed by atoms with E-state index >= 15 is 0 Å². The van der Waals surface area contributed by atoms with E-state index in [0.717, 1.165) is 59.8 Å². The quantitative estimate of drug-likeness (QED) is 0.0874. The maximum absolute atomic E-state index is 13.5. The van der Waals surface area contributed by atoms with Crippen molar-refractivity contribution in [2.75, 3.05) is 58.1 Å². The Morgan fingerprint density at radius 2 is 1.10 bits per heavy atom. The maximum Gasteiger partial charge on any atom is 0.412 e. The number of nitrogens with zero attached hydrogens (tertiary/aromatic N) is 2. The van der Waals surface area contributed by atoms with Gasteiger partial charge in [0.1, 0.15) is 12.2 Å². The molecular formula is C49H61ClN4O7S2. The molecule has 3 unspecified atom stereocenters. The van der Waals surface area contributed by atoms with Crippen molar-refractivity contribution in [3.63, 3.8) is 0 Å². The van der Waals surface area contributed by atoms with Gasteiger partial charge in [0.05, 0.1) is 16.4 Å². The summed E-state index contributed by atoms with van der Waals surface area (Å²) in [5, 5.41) is 5.99. The minimum absolute atomic E-state index is 0.0906. The standard InChI is InChI=1S/C28H34N2O3S.C21H27ClN2O4S/c1-6-30(7-2)24-15-18-26(22(4)19-24)29-28(31)33-27(23-11-9-8-10-12-23)20-34(5,32)25-16-13-21(3)14-17-25;1-5-24(6-2)18-9-12-20(15(3)13-18)23-21(25)28-16(4)14-29(26,27)19-10-7-17(22)8-11-19/h8-19,27H,5-7,20H2,1-4H3,(H,29,31);7-13,16H,5-6,14H2,1-4H3,(H,23,25). The number of anilines is 4. The topological polar surface area (TPSA) is 134 Å². The number of carbonyl (C=O) groups excluding carboxylic acids is 2. The van der Waals surface area contributed by atoms with Crippen molar-refractivity contribution in [2.45, 2.75) is 77.4 Å². The second-order valence-corrected chi connectivity index (χ2v) is 20.0. The van der Waals surface area contributed by atoms with Crippen molar-refractivity contribution in [3.05, 3.63) is 143 Å². The number of halogens is 1. The third kappa shape index (κ3) is 14.8. The van der Waals surface area contributed by atoms with E-state index in [1.54, 1.807) is 6.92 Å². The molecule has 5 rings (SSSR count). The van der Waals surface area contributed by atoms with E-state index in [4.69, 9.17) is 21.1 Å². The highest BCUT2D eigenvalue weighted by Crippen LogP contribution is 2.27. The normalized spacial score (nSPS) is 13.0. The molecule has 2 N–H and O–H groups in total. The second kappa shape index (κ2) is 23.3. The van der Waals surface area contributed by atoms with Crippen molar-refractivity contribution in [1.29, 1.82) is 0 Å².